The van der Waals surface area contributed by atoms with Crippen molar-refractivity contribution in [3.05, 3.63) is 36.0 Å². The van der Waals surface area contributed by atoms with E-state index in [4.69, 9.17) is 5.26 Å². The number of rotatable bonds is 4. The van der Waals surface area contributed by atoms with E-state index >= 15 is 0 Å². The van der Waals surface area contributed by atoms with Gasteiger partial charge in [-0.1, -0.05) is 0 Å². The van der Waals surface area contributed by atoms with Gasteiger partial charge in [-0.25, -0.2) is 0 Å². The predicted molar refractivity (Wildman–Crippen MR) is 116 cm³/mol. The number of alkyl halides is 3. The smallest absolute Gasteiger partial charge is 0.371 e. The van der Waals surface area contributed by atoms with Gasteiger partial charge in [0.1, 0.15) is 6.04 Å². The Balaban J connectivity index is 1.30. The van der Waals surface area contributed by atoms with Gasteiger partial charge in [-0.2, -0.15) is 18.4 Å². The van der Waals surface area contributed by atoms with Crippen molar-refractivity contribution in [1.82, 2.24) is 15.2 Å². The molecule has 0 spiro atoms. The van der Waals surface area contributed by atoms with Crippen LogP contribution in [-0.4, -0.2) is 65.2 Å². The highest BCUT2D eigenvalue weighted by atomic mass is 32.2. The molecule has 7 nitrogen and oxygen atoms in total. The summed E-state index contributed by atoms with van der Waals surface area (Å²) >= 11 is 1.49. The zero-order valence-electron chi connectivity index (χ0n) is 17.4. The Bertz CT molecular complexity index is 1150. The molecule has 172 valence electrons. The van der Waals surface area contributed by atoms with Crippen LogP contribution in [0.25, 0.3) is 10.9 Å². The first-order valence-corrected chi connectivity index (χ1v) is 11.7. The van der Waals surface area contributed by atoms with Gasteiger partial charge in [0, 0.05) is 36.1 Å². The fourth-order valence-electron chi connectivity index (χ4n) is 4.90. The number of carbonyl (C=O) groups excluding carboxylic acids is 2. The van der Waals surface area contributed by atoms with Crippen LogP contribution in [0.15, 0.2) is 30.5 Å². The molecule has 1 aromatic heterocycles. The van der Waals surface area contributed by atoms with Gasteiger partial charge in [0.2, 0.25) is 5.91 Å². The summed E-state index contributed by atoms with van der Waals surface area (Å²) in [5, 5.41) is 12.3. The number of thioether (sulfide) groups is 1. The van der Waals surface area contributed by atoms with Crippen molar-refractivity contribution in [3.8, 4) is 6.07 Å². The summed E-state index contributed by atoms with van der Waals surface area (Å²) in [5.41, 5.74) is 1.66. The van der Waals surface area contributed by atoms with Gasteiger partial charge >= 0.3 is 6.18 Å². The molecular formula is C22H20F3N5O2S. The molecule has 11 heteroatoms. The third-order valence-corrected chi connectivity index (χ3v) is 7.67. The lowest BCUT2D eigenvalue weighted by Crippen LogP contribution is -2.42. The molecule has 0 unspecified atom stereocenters. The molecule has 3 aliphatic rings. The van der Waals surface area contributed by atoms with Crippen LogP contribution < -0.4 is 10.2 Å². The van der Waals surface area contributed by atoms with Crippen molar-refractivity contribution >= 4 is 40.2 Å². The van der Waals surface area contributed by atoms with Crippen molar-refractivity contribution < 1.29 is 22.8 Å². The maximum absolute atomic E-state index is 13.0. The molecule has 4 atom stereocenters. The zero-order valence-corrected chi connectivity index (χ0v) is 18.2. The molecule has 3 fully saturated rings. The summed E-state index contributed by atoms with van der Waals surface area (Å²) in [7, 11) is 0. The molecule has 0 radical (unpaired) electrons. The first kappa shape index (κ1) is 21.8. The maximum atomic E-state index is 13.0. The number of nitrogens with zero attached hydrogens (tertiary/aromatic N) is 4. The number of hydrogen-bond donors (Lipinski definition) is 1. The van der Waals surface area contributed by atoms with E-state index in [1.807, 2.05) is 4.90 Å². The number of nitriles is 1. The number of nitrogens with one attached hydrogen (secondary N) is 1. The highest BCUT2D eigenvalue weighted by Crippen LogP contribution is 2.59. The molecule has 2 saturated heterocycles. The van der Waals surface area contributed by atoms with Crippen LogP contribution in [0.3, 0.4) is 0 Å². The van der Waals surface area contributed by atoms with Crippen molar-refractivity contribution in [2.45, 2.75) is 12.2 Å². The lowest BCUT2D eigenvalue weighted by Gasteiger charge is -2.23. The maximum Gasteiger partial charge on any atom is 0.392 e. The van der Waals surface area contributed by atoms with Gasteiger partial charge in [-0.3, -0.25) is 14.6 Å². The number of benzene rings is 1. The third kappa shape index (κ3) is 3.97. The van der Waals surface area contributed by atoms with Crippen molar-refractivity contribution in [1.29, 1.82) is 5.26 Å². The fraction of sp³-hybridized carbons (Fsp3) is 0.455. The Morgan fingerprint density at radius 1 is 1.24 bits per heavy atom. The number of piperidine rings is 1. The van der Waals surface area contributed by atoms with Gasteiger partial charge in [0.25, 0.3) is 5.91 Å². The van der Waals surface area contributed by atoms with E-state index in [0.29, 0.717) is 41.2 Å². The lowest BCUT2D eigenvalue weighted by molar-refractivity contribution is -0.154. The summed E-state index contributed by atoms with van der Waals surface area (Å²) in [4.78, 5) is 32.9. The number of hydrogen-bond acceptors (Lipinski definition) is 6. The van der Waals surface area contributed by atoms with E-state index < -0.39 is 24.0 Å². The molecule has 0 bridgehead atoms. The molecule has 1 aromatic carbocycles. The second kappa shape index (κ2) is 8.09. The Kier molecular flexibility index (Phi) is 5.35. The van der Waals surface area contributed by atoms with Gasteiger partial charge in [-0.15, -0.1) is 11.8 Å². The van der Waals surface area contributed by atoms with Crippen molar-refractivity contribution in [2.24, 2.45) is 17.8 Å². The SMILES string of the molecule is N#C[C@@H]1CSCN1C(=O)CNC(=O)c1ccnc2ccc(N3C[C@@H]4[C@H](C3)[C@H]4C(F)(F)F)cc12. The normalized spacial score (nSPS) is 26.2. The van der Waals surface area contributed by atoms with E-state index in [1.54, 1.807) is 24.3 Å². The highest BCUT2D eigenvalue weighted by Gasteiger charge is 2.67. The van der Waals surface area contributed by atoms with Crippen LogP contribution in [0.4, 0.5) is 18.9 Å². The van der Waals surface area contributed by atoms with E-state index in [0.717, 1.165) is 5.69 Å². The zero-order chi connectivity index (χ0) is 23.3. The summed E-state index contributed by atoms with van der Waals surface area (Å²) < 4.78 is 39.0. The van der Waals surface area contributed by atoms with E-state index in [1.165, 1.54) is 22.9 Å². The van der Waals surface area contributed by atoms with Gasteiger partial charge < -0.3 is 15.1 Å². The van der Waals surface area contributed by atoms with Crippen LogP contribution in [0.1, 0.15) is 10.4 Å². The van der Waals surface area contributed by atoms with Crippen molar-refractivity contribution in [2.75, 3.05) is 36.2 Å². The summed E-state index contributed by atoms with van der Waals surface area (Å²) in [6.07, 6.45) is -2.64. The number of halogens is 3. The fourth-order valence-corrected chi connectivity index (χ4v) is 6.00. The number of pyridine rings is 1. The van der Waals surface area contributed by atoms with Gasteiger partial charge in [0.15, 0.2) is 0 Å². The predicted octanol–water partition coefficient (Wildman–Crippen LogP) is 2.63. The number of carbonyl (C=O) groups is 2. The van der Waals surface area contributed by atoms with Crippen molar-refractivity contribution in [3.63, 3.8) is 0 Å². The molecule has 5 rings (SSSR count). The first-order chi connectivity index (χ1) is 15.8. The van der Waals surface area contributed by atoms with E-state index in [9.17, 15) is 22.8 Å². The summed E-state index contributed by atoms with van der Waals surface area (Å²) in [5.74, 6) is -1.75. The Hall–Kier alpha value is -3.00. The second-order valence-corrected chi connectivity index (χ2v) is 9.55. The first-order valence-electron chi connectivity index (χ1n) is 10.5. The average Bonchev–Trinajstić information content (AvgIpc) is 3.14. The monoisotopic (exact) mass is 475 g/mol. The molecule has 2 aliphatic heterocycles. The van der Waals surface area contributed by atoms with E-state index in [2.05, 4.69) is 16.4 Å². The third-order valence-electron chi connectivity index (χ3n) is 6.66. The summed E-state index contributed by atoms with van der Waals surface area (Å²) in [6, 6.07) is 8.47. The number of anilines is 1. The molecule has 2 aromatic rings. The Labute approximate surface area is 191 Å². The molecule has 33 heavy (non-hydrogen) atoms. The number of fused-ring (bicyclic) bond motifs is 2. The van der Waals surface area contributed by atoms with Crippen LogP contribution in [0.2, 0.25) is 0 Å². The lowest BCUT2D eigenvalue weighted by atomic mass is 10.1. The number of aromatic nitrogens is 1. The van der Waals surface area contributed by atoms with Crippen LogP contribution in [0, 0.1) is 29.1 Å². The Morgan fingerprint density at radius 3 is 2.70 bits per heavy atom. The molecule has 3 heterocycles. The molecule has 1 N–H and O–H groups in total. The van der Waals surface area contributed by atoms with Crippen LogP contribution in [0.5, 0.6) is 0 Å². The quantitative estimate of drug-likeness (QED) is 0.732. The molecular weight excluding hydrogens is 455 g/mol. The average molecular weight is 475 g/mol. The highest BCUT2D eigenvalue weighted by molar-refractivity contribution is 7.99. The van der Waals surface area contributed by atoms with Gasteiger partial charge in [0.05, 0.1) is 35.5 Å². The topological polar surface area (TPSA) is 89.3 Å². The number of amides is 2. The largest absolute Gasteiger partial charge is 0.392 e. The second-order valence-electron chi connectivity index (χ2n) is 8.55. The minimum absolute atomic E-state index is 0.227. The standard InChI is InChI=1S/C22H20F3N5O2S/c23-22(24,25)20-16-8-29(9-17(16)20)12-1-2-18-15(5-12)14(3-4-27-18)21(32)28-7-19(31)30-11-33-10-13(30)6-26/h1-5,13,16-17,20H,7-11H2,(H,28,32)/t13-,16-,17+,20+/m1/s1. The molecule has 1 saturated carbocycles. The summed E-state index contributed by atoms with van der Waals surface area (Å²) in [6.45, 7) is 0.449. The Morgan fingerprint density at radius 2 is 2.00 bits per heavy atom. The van der Waals surface area contributed by atoms with Gasteiger partial charge in [-0.05, 0) is 36.1 Å². The molecule has 1 aliphatic carbocycles. The molecule has 2 amide bonds. The minimum atomic E-state index is -4.14. The van der Waals surface area contributed by atoms with Crippen LogP contribution >= 0.6 is 11.8 Å². The minimum Gasteiger partial charge on any atom is -0.371 e. The van der Waals surface area contributed by atoms with Crippen LogP contribution in [-0.2, 0) is 4.79 Å². The van der Waals surface area contributed by atoms with E-state index in [-0.39, 0.29) is 24.3 Å².